The van der Waals surface area contributed by atoms with Crippen LogP contribution in [-0.2, 0) is 7.05 Å². The summed E-state index contributed by atoms with van der Waals surface area (Å²) in [5.41, 5.74) is 9.20. The monoisotopic (exact) mass is 258 g/mol. The Balaban J connectivity index is 2.36. The summed E-state index contributed by atoms with van der Waals surface area (Å²) >= 11 is 6.21. The van der Waals surface area contributed by atoms with Crippen LogP contribution < -0.4 is 5.73 Å². The zero-order valence-electron chi connectivity index (χ0n) is 9.76. The average molecular weight is 259 g/mol. The van der Waals surface area contributed by atoms with Crippen molar-refractivity contribution in [1.29, 1.82) is 0 Å². The van der Waals surface area contributed by atoms with E-state index in [1.165, 1.54) is 0 Å². The molecule has 0 amide bonds. The minimum absolute atomic E-state index is 0.598. The molecule has 2 aromatic heterocycles. The smallest absolute Gasteiger partial charge is 0.144 e. The minimum Gasteiger partial charge on any atom is -0.398 e. The predicted octanol–water partition coefficient (Wildman–Crippen LogP) is 2.87. The number of aromatic nitrogens is 3. The molecule has 18 heavy (non-hydrogen) atoms. The van der Waals surface area contributed by atoms with Gasteiger partial charge < -0.3 is 10.3 Å². The SMILES string of the molecule is Cn1c(-c2c(N)cccc2Cl)nc2cnccc21. The van der Waals surface area contributed by atoms with Gasteiger partial charge in [0.25, 0.3) is 0 Å². The number of hydrogen-bond acceptors (Lipinski definition) is 3. The third-order valence-corrected chi connectivity index (χ3v) is 3.27. The molecule has 0 unspecified atom stereocenters. The van der Waals surface area contributed by atoms with Gasteiger partial charge in [-0.15, -0.1) is 0 Å². The summed E-state index contributed by atoms with van der Waals surface area (Å²) in [4.78, 5) is 8.61. The van der Waals surface area contributed by atoms with Gasteiger partial charge in [-0.1, -0.05) is 17.7 Å². The van der Waals surface area contributed by atoms with Crippen LogP contribution in [0.25, 0.3) is 22.4 Å². The van der Waals surface area contributed by atoms with E-state index in [-0.39, 0.29) is 0 Å². The van der Waals surface area contributed by atoms with E-state index in [2.05, 4.69) is 9.97 Å². The largest absolute Gasteiger partial charge is 0.398 e. The number of anilines is 1. The molecule has 0 aliphatic rings. The molecule has 0 fully saturated rings. The molecule has 0 saturated heterocycles. The van der Waals surface area contributed by atoms with Crippen molar-refractivity contribution in [2.24, 2.45) is 7.05 Å². The lowest BCUT2D eigenvalue weighted by molar-refractivity contribution is 0.959. The first-order valence-corrected chi connectivity index (χ1v) is 5.87. The molecule has 0 aliphatic heterocycles. The van der Waals surface area contributed by atoms with Crippen LogP contribution in [0.15, 0.2) is 36.7 Å². The first-order chi connectivity index (χ1) is 8.68. The van der Waals surface area contributed by atoms with Crippen molar-refractivity contribution in [3.63, 3.8) is 0 Å². The van der Waals surface area contributed by atoms with Crippen LogP contribution in [0, 0.1) is 0 Å². The van der Waals surface area contributed by atoms with E-state index in [1.807, 2.05) is 35.9 Å². The standard InChI is InChI=1S/C13H11ClN4/c1-18-11-5-6-16-7-10(11)17-13(18)12-8(14)3-2-4-9(12)15/h2-7H,15H2,1H3. The molecule has 0 spiro atoms. The number of hydrogen-bond donors (Lipinski definition) is 1. The molecule has 3 rings (SSSR count). The number of nitrogens with two attached hydrogens (primary N) is 1. The van der Waals surface area contributed by atoms with Crippen LogP contribution in [0.5, 0.6) is 0 Å². The second kappa shape index (κ2) is 3.99. The lowest BCUT2D eigenvalue weighted by Crippen LogP contribution is -1.97. The summed E-state index contributed by atoms with van der Waals surface area (Å²) in [5, 5.41) is 0.598. The van der Waals surface area contributed by atoms with Gasteiger partial charge >= 0.3 is 0 Å². The molecule has 0 atom stereocenters. The number of fused-ring (bicyclic) bond motifs is 1. The third kappa shape index (κ3) is 1.54. The molecular formula is C13H11ClN4. The Kier molecular flexibility index (Phi) is 2.45. The van der Waals surface area contributed by atoms with Gasteiger partial charge in [0.15, 0.2) is 0 Å². The maximum Gasteiger partial charge on any atom is 0.144 e. The second-order valence-electron chi connectivity index (χ2n) is 4.06. The van der Waals surface area contributed by atoms with Crippen LogP contribution in [0.2, 0.25) is 5.02 Å². The van der Waals surface area contributed by atoms with Crippen LogP contribution in [0.3, 0.4) is 0 Å². The second-order valence-corrected chi connectivity index (χ2v) is 4.47. The zero-order valence-corrected chi connectivity index (χ0v) is 10.5. The van der Waals surface area contributed by atoms with Gasteiger partial charge in [0.1, 0.15) is 11.3 Å². The first-order valence-electron chi connectivity index (χ1n) is 5.49. The van der Waals surface area contributed by atoms with Crippen molar-refractivity contribution in [3.8, 4) is 11.4 Å². The molecule has 2 heterocycles. The third-order valence-electron chi connectivity index (χ3n) is 2.95. The number of benzene rings is 1. The number of imidazole rings is 1. The van der Waals surface area contributed by atoms with Crippen LogP contribution in [-0.4, -0.2) is 14.5 Å². The van der Waals surface area contributed by atoms with Crippen molar-refractivity contribution in [3.05, 3.63) is 41.7 Å². The van der Waals surface area contributed by atoms with E-state index in [1.54, 1.807) is 12.4 Å². The Morgan fingerprint density at radius 1 is 1.28 bits per heavy atom. The lowest BCUT2D eigenvalue weighted by Gasteiger charge is -2.07. The highest BCUT2D eigenvalue weighted by Crippen LogP contribution is 2.33. The minimum atomic E-state index is 0.598. The predicted molar refractivity (Wildman–Crippen MR) is 73.4 cm³/mol. The summed E-state index contributed by atoms with van der Waals surface area (Å²) in [6.45, 7) is 0. The summed E-state index contributed by atoms with van der Waals surface area (Å²) < 4.78 is 1.97. The number of halogens is 1. The molecular weight excluding hydrogens is 248 g/mol. The van der Waals surface area contributed by atoms with E-state index >= 15 is 0 Å². The Labute approximate surface area is 109 Å². The fourth-order valence-corrected chi connectivity index (χ4v) is 2.32. The van der Waals surface area contributed by atoms with Gasteiger partial charge in [-0.2, -0.15) is 0 Å². The number of nitrogen functional groups attached to an aromatic ring is 1. The first kappa shape index (κ1) is 11.0. The molecule has 0 aliphatic carbocycles. The summed E-state index contributed by atoms with van der Waals surface area (Å²) in [5.74, 6) is 0.751. The van der Waals surface area contributed by atoms with E-state index < -0.39 is 0 Å². The normalized spacial score (nSPS) is 11.0. The average Bonchev–Trinajstić information content (AvgIpc) is 2.68. The molecule has 90 valence electrons. The molecule has 5 heteroatoms. The van der Waals surface area contributed by atoms with Crippen LogP contribution >= 0.6 is 11.6 Å². The summed E-state index contributed by atoms with van der Waals surface area (Å²) in [7, 11) is 1.94. The van der Waals surface area contributed by atoms with Gasteiger partial charge in [-0.3, -0.25) is 4.98 Å². The highest BCUT2D eigenvalue weighted by atomic mass is 35.5. The number of pyridine rings is 1. The molecule has 3 aromatic rings. The van der Waals surface area contributed by atoms with Crippen LogP contribution in [0.1, 0.15) is 0 Å². The van der Waals surface area contributed by atoms with E-state index in [0.29, 0.717) is 10.7 Å². The van der Waals surface area contributed by atoms with Gasteiger partial charge in [-0.25, -0.2) is 4.98 Å². The number of nitrogens with zero attached hydrogens (tertiary/aromatic N) is 3. The molecule has 1 aromatic carbocycles. The van der Waals surface area contributed by atoms with Crippen molar-refractivity contribution in [2.75, 3.05) is 5.73 Å². The highest BCUT2D eigenvalue weighted by Gasteiger charge is 2.15. The Bertz CT molecular complexity index is 713. The molecule has 4 nitrogen and oxygen atoms in total. The zero-order chi connectivity index (χ0) is 12.7. The number of rotatable bonds is 1. The van der Waals surface area contributed by atoms with Gasteiger partial charge in [0.05, 0.1) is 22.3 Å². The fraction of sp³-hybridized carbons (Fsp3) is 0.0769. The lowest BCUT2D eigenvalue weighted by atomic mass is 10.1. The maximum absolute atomic E-state index is 6.21. The van der Waals surface area contributed by atoms with Crippen molar-refractivity contribution < 1.29 is 0 Å². The van der Waals surface area contributed by atoms with E-state index in [0.717, 1.165) is 22.4 Å². The van der Waals surface area contributed by atoms with Crippen molar-refractivity contribution in [1.82, 2.24) is 14.5 Å². The van der Waals surface area contributed by atoms with E-state index in [4.69, 9.17) is 17.3 Å². The Morgan fingerprint density at radius 3 is 2.83 bits per heavy atom. The topological polar surface area (TPSA) is 56.7 Å². The van der Waals surface area contributed by atoms with Crippen molar-refractivity contribution >= 4 is 28.3 Å². The summed E-state index contributed by atoms with van der Waals surface area (Å²) in [6.07, 6.45) is 3.47. The Morgan fingerprint density at radius 2 is 2.11 bits per heavy atom. The molecule has 0 saturated carbocycles. The fourth-order valence-electron chi connectivity index (χ4n) is 2.05. The highest BCUT2D eigenvalue weighted by molar-refractivity contribution is 6.33. The molecule has 2 N–H and O–H groups in total. The van der Waals surface area contributed by atoms with Crippen molar-refractivity contribution in [2.45, 2.75) is 0 Å². The van der Waals surface area contributed by atoms with Gasteiger partial charge in [0, 0.05) is 18.9 Å². The van der Waals surface area contributed by atoms with Gasteiger partial charge in [-0.05, 0) is 18.2 Å². The molecule has 0 bridgehead atoms. The molecule has 0 radical (unpaired) electrons. The Hall–Kier alpha value is -2.07. The summed E-state index contributed by atoms with van der Waals surface area (Å²) in [6, 6.07) is 7.37. The van der Waals surface area contributed by atoms with Gasteiger partial charge in [0.2, 0.25) is 0 Å². The maximum atomic E-state index is 6.21. The quantitative estimate of drug-likeness (QED) is 0.683. The van der Waals surface area contributed by atoms with Crippen LogP contribution in [0.4, 0.5) is 5.69 Å². The number of aryl methyl sites for hydroxylation is 1. The van der Waals surface area contributed by atoms with E-state index in [9.17, 15) is 0 Å².